The molecule has 0 atom stereocenters. The van der Waals surface area contributed by atoms with Crippen molar-refractivity contribution in [1.29, 1.82) is 0 Å². The molecule has 98 valence electrons. The van der Waals surface area contributed by atoms with Gasteiger partial charge in [-0.05, 0) is 38.8 Å². The van der Waals surface area contributed by atoms with Crippen molar-refractivity contribution in [2.45, 2.75) is 44.6 Å². The van der Waals surface area contributed by atoms with E-state index >= 15 is 0 Å². The second kappa shape index (κ2) is 6.24. The van der Waals surface area contributed by atoms with Crippen LogP contribution >= 0.6 is 0 Å². The molecule has 4 heteroatoms. The predicted octanol–water partition coefficient (Wildman–Crippen LogP) is 1.67. The molecule has 2 amide bonds. The number of nitrogens with one attached hydrogen (secondary N) is 1. The second-order valence-corrected chi connectivity index (χ2v) is 5.40. The molecule has 17 heavy (non-hydrogen) atoms. The van der Waals surface area contributed by atoms with E-state index in [1.807, 2.05) is 11.9 Å². The van der Waals surface area contributed by atoms with E-state index in [1.165, 1.54) is 38.8 Å². The normalized spacial score (nSPS) is 21.9. The fourth-order valence-corrected chi connectivity index (χ4v) is 2.75. The number of hydrogen-bond acceptors (Lipinski definition) is 2. The smallest absolute Gasteiger partial charge is 0.317 e. The lowest BCUT2D eigenvalue weighted by atomic mass is 10.2. The summed E-state index contributed by atoms with van der Waals surface area (Å²) in [6, 6.07) is 0.535. The summed E-state index contributed by atoms with van der Waals surface area (Å²) >= 11 is 0. The molecular formula is C13H25N3O. The first kappa shape index (κ1) is 12.7. The Morgan fingerprint density at radius 1 is 1.24 bits per heavy atom. The van der Waals surface area contributed by atoms with Crippen molar-refractivity contribution < 1.29 is 4.79 Å². The topological polar surface area (TPSA) is 35.6 Å². The van der Waals surface area contributed by atoms with Gasteiger partial charge in [-0.2, -0.15) is 0 Å². The van der Waals surface area contributed by atoms with Gasteiger partial charge in [0.05, 0.1) is 0 Å². The van der Waals surface area contributed by atoms with Crippen LogP contribution in [0.1, 0.15) is 38.5 Å². The Balaban J connectivity index is 1.63. The molecule has 1 saturated heterocycles. The first-order chi connectivity index (χ1) is 8.25. The molecule has 2 aliphatic rings. The molecule has 2 rings (SSSR count). The summed E-state index contributed by atoms with van der Waals surface area (Å²) in [5.41, 5.74) is 0. The quantitative estimate of drug-likeness (QED) is 0.810. The summed E-state index contributed by atoms with van der Waals surface area (Å²) in [7, 11) is 1.90. The Bertz CT molecular complexity index is 245. The van der Waals surface area contributed by atoms with E-state index in [0.29, 0.717) is 6.04 Å². The highest BCUT2D eigenvalue weighted by atomic mass is 16.2. The van der Waals surface area contributed by atoms with E-state index in [2.05, 4.69) is 10.2 Å². The van der Waals surface area contributed by atoms with E-state index in [-0.39, 0.29) is 6.03 Å². The Hall–Kier alpha value is -0.770. The van der Waals surface area contributed by atoms with E-state index < -0.39 is 0 Å². The molecule has 1 aliphatic heterocycles. The highest BCUT2D eigenvalue weighted by molar-refractivity contribution is 5.74. The Morgan fingerprint density at radius 2 is 1.88 bits per heavy atom. The van der Waals surface area contributed by atoms with Crippen LogP contribution < -0.4 is 5.32 Å². The van der Waals surface area contributed by atoms with Crippen LogP contribution in [0.25, 0.3) is 0 Å². The summed E-state index contributed by atoms with van der Waals surface area (Å²) in [4.78, 5) is 16.2. The number of amides is 2. The Labute approximate surface area is 104 Å². The van der Waals surface area contributed by atoms with Crippen molar-refractivity contribution in [3.63, 3.8) is 0 Å². The predicted molar refractivity (Wildman–Crippen MR) is 69.1 cm³/mol. The van der Waals surface area contributed by atoms with Gasteiger partial charge in [-0.25, -0.2) is 4.79 Å². The molecule has 4 nitrogen and oxygen atoms in total. The van der Waals surface area contributed by atoms with Gasteiger partial charge in [0, 0.05) is 26.2 Å². The largest absolute Gasteiger partial charge is 0.335 e. The third-order valence-electron chi connectivity index (χ3n) is 3.98. The molecule has 0 aromatic heterocycles. The lowest BCUT2D eigenvalue weighted by Gasteiger charge is -2.23. The van der Waals surface area contributed by atoms with Gasteiger partial charge in [0.25, 0.3) is 0 Å². The average Bonchev–Trinajstić information content (AvgIpc) is 2.98. The van der Waals surface area contributed by atoms with Crippen LogP contribution in [0.4, 0.5) is 4.79 Å². The van der Waals surface area contributed by atoms with Gasteiger partial charge in [0.1, 0.15) is 0 Å². The SMILES string of the molecule is CN(CCN1CCCC1)C(=O)NC1CCCC1. The van der Waals surface area contributed by atoms with E-state index in [4.69, 9.17) is 0 Å². The molecule has 0 aromatic rings. The van der Waals surface area contributed by atoms with Crippen LogP contribution in [0.2, 0.25) is 0 Å². The maximum absolute atomic E-state index is 11.9. The summed E-state index contributed by atoms with van der Waals surface area (Å²) in [6.07, 6.45) is 7.48. The Morgan fingerprint density at radius 3 is 2.53 bits per heavy atom. The van der Waals surface area contributed by atoms with Crippen molar-refractivity contribution in [1.82, 2.24) is 15.1 Å². The van der Waals surface area contributed by atoms with Gasteiger partial charge in [-0.1, -0.05) is 12.8 Å². The highest BCUT2D eigenvalue weighted by Gasteiger charge is 2.19. The van der Waals surface area contributed by atoms with E-state index in [1.54, 1.807) is 0 Å². The summed E-state index contributed by atoms with van der Waals surface area (Å²) in [6.45, 7) is 4.28. The number of rotatable bonds is 4. The lowest BCUT2D eigenvalue weighted by Crippen LogP contribution is -2.44. The molecule has 1 heterocycles. The van der Waals surface area contributed by atoms with Crippen LogP contribution in [0.5, 0.6) is 0 Å². The molecule has 1 N–H and O–H groups in total. The number of urea groups is 1. The number of hydrogen-bond donors (Lipinski definition) is 1. The minimum Gasteiger partial charge on any atom is -0.335 e. The van der Waals surface area contributed by atoms with Gasteiger partial charge < -0.3 is 15.1 Å². The summed E-state index contributed by atoms with van der Waals surface area (Å²) < 4.78 is 0. The van der Waals surface area contributed by atoms with Gasteiger partial charge in [0.2, 0.25) is 0 Å². The zero-order valence-electron chi connectivity index (χ0n) is 11.0. The zero-order valence-corrected chi connectivity index (χ0v) is 11.0. The average molecular weight is 239 g/mol. The van der Waals surface area contributed by atoms with Gasteiger partial charge in [-0.15, -0.1) is 0 Å². The third kappa shape index (κ3) is 3.87. The number of carbonyl (C=O) groups excluding carboxylic acids is 1. The van der Waals surface area contributed by atoms with Crippen LogP contribution in [0, 0.1) is 0 Å². The van der Waals surface area contributed by atoms with E-state index in [9.17, 15) is 4.79 Å². The zero-order chi connectivity index (χ0) is 12.1. The van der Waals surface area contributed by atoms with Crippen molar-refractivity contribution >= 4 is 6.03 Å². The van der Waals surface area contributed by atoms with Gasteiger partial charge >= 0.3 is 6.03 Å². The first-order valence-corrected chi connectivity index (χ1v) is 7.00. The van der Waals surface area contributed by atoms with E-state index in [0.717, 1.165) is 25.9 Å². The second-order valence-electron chi connectivity index (χ2n) is 5.40. The van der Waals surface area contributed by atoms with Crippen molar-refractivity contribution in [3.8, 4) is 0 Å². The monoisotopic (exact) mass is 239 g/mol. The minimum atomic E-state index is 0.107. The Kier molecular flexibility index (Phi) is 4.66. The number of carbonyl (C=O) groups is 1. The minimum absolute atomic E-state index is 0.107. The molecule has 0 spiro atoms. The fraction of sp³-hybridized carbons (Fsp3) is 0.923. The van der Waals surface area contributed by atoms with Crippen LogP contribution in [0.15, 0.2) is 0 Å². The fourth-order valence-electron chi connectivity index (χ4n) is 2.75. The van der Waals surface area contributed by atoms with Crippen molar-refractivity contribution in [3.05, 3.63) is 0 Å². The molecular weight excluding hydrogens is 214 g/mol. The number of nitrogens with zero attached hydrogens (tertiary/aromatic N) is 2. The maximum Gasteiger partial charge on any atom is 0.317 e. The van der Waals surface area contributed by atoms with Crippen LogP contribution in [-0.4, -0.2) is 55.1 Å². The molecule has 0 unspecified atom stereocenters. The molecule has 0 aromatic carbocycles. The van der Waals surface area contributed by atoms with Crippen molar-refractivity contribution in [2.75, 3.05) is 33.2 Å². The van der Waals surface area contributed by atoms with Gasteiger partial charge in [-0.3, -0.25) is 0 Å². The number of likely N-dealkylation sites (tertiary alicyclic amines) is 1. The first-order valence-electron chi connectivity index (χ1n) is 7.00. The summed E-state index contributed by atoms with van der Waals surface area (Å²) in [5.74, 6) is 0. The lowest BCUT2D eigenvalue weighted by molar-refractivity contribution is 0.196. The van der Waals surface area contributed by atoms with Crippen LogP contribution in [0.3, 0.4) is 0 Å². The maximum atomic E-state index is 11.9. The third-order valence-corrected chi connectivity index (χ3v) is 3.98. The molecule has 2 fully saturated rings. The molecule has 0 radical (unpaired) electrons. The highest BCUT2D eigenvalue weighted by Crippen LogP contribution is 2.17. The standard InChI is InChI=1S/C13H25N3O/c1-15(10-11-16-8-4-5-9-16)13(17)14-12-6-2-3-7-12/h12H,2-11H2,1H3,(H,14,17). The molecule has 1 saturated carbocycles. The molecule has 0 bridgehead atoms. The number of likely N-dealkylation sites (N-methyl/N-ethyl adjacent to an activating group) is 1. The van der Waals surface area contributed by atoms with Crippen LogP contribution in [-0.2, 0) is 0 Å². The van der Waals surface area contributed by atoms with Gasteiger partial charge in [0.15, 0.2) is 0 Å². The van der Waals surface area contributed by atoms with Crippen molar-refractivity contribution in [2.24, 2.45) is 0 Å². The molecule has 1 aliphatic carbocycles. The summed E-state index contributed by atoms with van der Waals surface area (Å²) in [5, 5.41) is 3.12.